The van der Waals surface area contributed by atoms with E-state index in [2.05, 4.69) is 22.5 Å². The molecular weight excluding hydrogens is 276 g/mol. The molecule has 2 heterocycles. The fourth-order valence-corrected chi connectivity index (χ4v) is 2.61. The number of amides is 2. The molecule has 0 aromatic carbocycles. The lowest BCUT2D eigenvalue weighted by molar-refractivity contribution is -0.122. The molecule has 3 N–H and O–H groups in total. The van der Waals surface area contributed by atoms with E-state index in [4.69, 9.17) is 5.11 Å². The summed E-state index contributed by atoms with van der Waals surface area (Å²) in [5, 5.41) is 16.0. The van der Waals surface area contributed by atoms with E-state index >= 15 is 0 Å². The molecule has 2 rings (SSSR count). The van der Waals surface area contributed by atoms with Crippen LogP contribution < -0.4 is 10.6 Å². The Bertz CT molecular complexity index is 546. The maximum absolute atomic E-state index is 12.0. The van der Waals surface area contributed by atoms with Gasteiger partial charge in [-0.1, -0.05) is 11.8 Å². The normalized spacial score (nSPS) is 17.9. The van der Waals surface area contributed by atoms with Crippen LogP contribution in [0.4, 0.5) is 0 Å². The molecule has 0 radical (unpaired) electrons. The van der Waals surface area contributed by atoms with Crippen molar-refractivity contribution in [2.75, 3.05) is 13.2 Å². The van der Waals surface area contributed by atoms with Gasteiger partial charge >= 0.3 is 0 Å². The molecule has 5 nitrogen and oxygen atoms in total. The van der Waals surface area contributed by atoms with Gasteiger partial charge in [-0.05, 0) is 12.5 Å². The van der Waals surface area contributed by atoms with E-state index in [0.29, 0.717) is 31.4 Å². The number of hydrogen-bond acceptors (Lipinski definition) is 4. The molecule has 2 amide bonds. The van der Waals surface area contributed by atoms with Crippen LogP contribution in [0.1, 0.15) is 34.5 Å². The summed E-state index contributed by atoms with van der Waals surface area (Å²) >= 11 is 1.40. The zero-order valence-corrected chi connectivity index (χ0v) is 11.8. The van der Waals surface area contributed by atoms with Crippen molar-refractivity contribution in [2.24, 2.45) is 0 Å². The molecule has 1 aromatic rings. The number of rotatable bonds is 3. The van der Waals surface area contributed by atoms with Crippen molar-refractivity contribution >= 4 is 23.2 Å². The lowest BCUT2D eigenvalue weighted by Crippen LogP contribution is -2.47. The zero-order valence-electron chi connectivity index (χ0n) is 10.9. The Balaban J connectivity index is 1.90. The summed E-state index contributed by atoms with van der Waals surface area (Å²) in [5.74, 6) is 5.62. The van der Waals surface area contributed by atoms with Crippen molar-refractivity contribution < 1.29 is 14.7 Å². The van der Waals surface area contributed by atoms with Gasteiger partial charge in [0.05, 0.1) is 17.0 Å². The highest BCUT2D eigenvalue weighted by Gasteiger charge is 2.20. The number of aliphatic hydroxyl groups excluding tert-OH is 1. The summed E-state index contributed by atoms with van der Waals surface area (Å²) in [4.78, 5) is 23.9. The van der Waals surface area contributed by atoms with Gasteiger partial charge in [-0.2, -0.15) is 0 Å². The predicted molar refractivity (Wildman–Crippen MR) is 76.4 cm³/mol. The first-order chi connectivity index (χ1) is 9.69. The van der Waals surface area contributed by atoms with Crippen molar-refractivity contribution in [3.05, 3.63) is 21.9 Å². The van der Waals surface area contributed by atoms with Gasteiger partial charge in [-0.25, -0.2) is 0 Å². The fraction of sp³-hybridized carbons (Fsp3) is 0.429. The summed E-state index contributed by atoms with van der Waals surface area (Å²) in [6.07, 6.45) is 1.55. The van der Waals surface area contributed by atoms with Crippen LogP contribution in [0.15, 0.2) is 11.4 Å². The number of thiophene rings is 1. The van der Waals surface area contributed by atoms with Crippen molar-refractivity contribution in [3.8, 4) is 11.8 Å². The number of carbonyl (C=O) groups is 2. The van der Waals surface area contributed by atoms with Gasteiger partial charge in [0, 0.05) is 30.8 Å². The first-order valence-corrected chi connectivity index (χ1v) is 7.33. The Labute approximate surface area is 121 Å². The summed E-state index contributed by atoms with van der Waals surface area (Å²) < 4.78 is 0. The SMILES string of the molecule is O=C1CCC(NC(=O)c2csc(C#CCCO)c2)CN1. The largest absolute Gasteiger partial charge is 0.395 e. The number of nitrogens with one attached hydrogen (secondary N) is 2. The van der Waals surface area contributed by atoms with E-state index in [1.54, 1.807) is 11.4 Å². The topological polar surface area (TPSA) is 78.4 Å². The molecule has 0 bridgehead atoms. The van der Waals surface area contributed by atoms with Crippen LogP contribution in [0.2, 0.25) is 0 Å². The van der Waals surface area contributed by atoms with Crippen molar-refractivity contribution in [1.29, 1.82) is 0 Å². The van der Waals surface area contributed by atoms with E-state index in [1.165, 1.54) is 11.3 Å². The Morgan fingerprint density at radius 3 is 3.15 bits per heavy atom. The first-order valence-electron chi connectivity index (χ1n) is 6.45. The van der Waals surface area contributed by atoms with Gasteiger partial charge in [0.25, 0.3) is 5.91 Å². The molecule has 0 saturated carbocycles. The molecule has 1 fully saturated rings. The van der Waals surface area contributed by atoms with Crippen LogP contribution in [0.25, 0.3) is 0 Å². The number of piperidine rings is 1. The Kier molecular flexibility index (Phi) is 5.16. The van der Waals surface area contributed by atoms with Crippen LogP contribution in [0.5, 0.6) is 0 Å². The van der Waals surface area contributed by atoms with Crippen LogP contribution in [0.3, 0.4) is 0 Å². The van der Waals surface area contributed by atoms with Gasteiger partial charge in [0.2, 0.25) is 5.91 Å². The van der Waals surface area contributed by atoms with Crippen molar-refractivity contribution in [3.63, 3.8) is 0 Å². The molecule has 6 heteroatoms. The van der Waals surface area contributed by atoms with E-state index < -0.39 is 0 Å². The van der Waals surface area contributed by atoms with Gasteiger partial charge in [0.15, 0.2) is 0 Å². The van der Waals surface area contributed by atoms with E-state index in [0.717, 1.165) is 4.88 Å². The Morgan fingerprint density at radius 2 is 2.45 bits per heavy atom. The molecule has 1 aliphatic heterocycles. The minimum atomic E-state index is -0.141. The van der Waals surface area contributed by atoms with Gasteiger partial charge in [-0.3, -0.25) is 9.59 Å². The van der Waals surface area contributed by atoms with Gasteiger partial charge in [0.1, 0.15) is 0 Å². The highest BCUT2D eigenvalue weighted by Crippen LogP contribution is 2.14. The maximum atomic E-state index is 12.0. The summed E-state index contributed by atoms with van der Waals surface area (Å²) in [6, 6.07) is 1.73. The second-order valence-electron chi connectivity index (χ2n) is 4.49. The maximum Gasteiger partial charge on any atom is 0.252 e. The highest BCUT2D eigenvalue weighted by molar-refractivity contribution is 7.10. The zero-order chi connectivity index (χ0) is 14.4. The van der Waals surface area contributed by atoms with Crippen molar-refractivity contribution in [2.45, 2.75) is 25.3 Å². The second-order valence-corrected chi connectivity index (χ2v) is 5.40. The van der Waals surface area contributed by atoms with Crippen LogP contribution in [-0.2, 0) is 4.79 Å². The molecule has 1 aromatic heterocycles. The molecular formula is C14H16N2O3S. The van der Waals surface area contributed by atoms with Gasteiger partial charge in [-0.15, -0.1) is 11.3 Å². The fourth-order valence-electron chi connectivity index (χ4n) is 1.85. The molecule has 1 saturated heterocycles. The van der Waals surface area contributed by atoms with Gasteiger partial charge < -0.3 is 15.7 Å². The van der Waals surface area contributed by atoms with E-state index in [1.807, 2.05) is 0 Å². The predicted octanol–water partition coefficient (Wildman–Crippen LogP) is 0.490. The quantitative estimate of drug-likeness (QED) is 0.710. The summed E-state index contributed by atoms with van der Waals surface area (Å²) in [7, 11) is 0. The average molecular weight is 292 g/mol. The standard InChI is InChI=1S/C14H16N2O3S/c17-6-2-1-3-12-7-10(9-20-12)14(19)16-11-4-5-13(18)15-8-11/h7,9,11,17H,2,4-6,8H2,(H,15,18)(H,16,19). The third-order valence-corrected chi connectivity index (χ3v) is 3.76. The molecule has 1 aliphatic rings. The Morgan fingerprint density at radius 1 is 1.60 bits per heavy atom. The number of hydrogen-bond donors (Lipinski definition) is 3. The Hall–Kier alpha value is -1.84. The lowest BCUT2D eigenvalue weighted by atomic mass is 10.1. The summed E-state index contributed by atoms with van der Waals surface area (Å²) in [5.41, 5.74) is 0.584. The third-order valence-electron chi connectivity index (χ3n) is 2.91. The third kappa shape index (κ3) is 4.08. The highest BCUT2D eigenvalue weighted by atomic mass is 32.1. The summed E-state index contributed by atoms with van der Waals surface area (Å²) in [6.45, 7) is 0.525. The van der Waals surface area contributed by atoms with E-state index in [-0.39, 0.29) is 24.5 Å². The molecule has 1 atom stereocenters. The monoisotopic (exact) mass is 292 g/mol. The molecule has 20 heavy (non-hydrogen) atoms. The second kappa shape index (κ2) is 7.08. The number of carbonyl (C=O) groups excluding carboxylic acids is 2. The smallest absolute Gasteiger partial charge is 0.252 e. The molecule has 0 spiro atoms. The molecule has 106 valence electrons. The minimum absolute atomic E-state index is 0.0102. The van der Waals surface area contributed by atoms with Crippen molar-refractivity contribution in [1.82, 2.24) is 10.6 Å². The lowest BCUT2D eigenvalue weighted by Gasteiger charge is -2.23. The number of aliphatic hydroxyl groups is 1. The van der Waals surface area contributed by atoms with Crippen LogP contribution >= 0.6 is 11.3 Å². The molecule has 1 unspecified atom stereocenters. The average Bonchev–Trinajstić information content (AvgIpc) is 2.91. The minimum Gasteiger partial charge on any atom is -0.395 e. The first kappa shape index (κ1) is 14.6. The van der Waals surface area contributed by atoms with Crippen LogP contribution in [-0.4, -0.2) is 36.1 Å². The van der Waals surface area contributed by atoms with Crippen LogP contribution in [0, 0.1) is 11.8 Å². The van der Waals surface area contributed by atoms with E-state index in [9.17, 15) is 9.59 Å². The molecule has 0 aliphatic carbocycles.